The van der Waals surface area contributed by atoms with E-state index in [1.165, 1.54) is 0 Å². The van der Waals surface area contributed by atoms with Gasteiger partial charge in [-0.3, -0.25) is 4.79 Å². The monoisotopic (exact) mass is 183 g/mol. The standard InChI is InChI=1S/C12H9NO/c1-3-6-12(14)13-11-8-5-7-10(4-2)9-11/h1-2,5,7-9H,6H2,(H,13,14). The number of terminal acetylenes is 2. The van der Waals surface area contributed by atoms with Crippen LogP contribution in [0.1, 0.15) is 12.0 Å². The molecule has 1 rings (SSSR count). The molecule has 2 heteroatoms. The summed E-state index contributed by atoms with van der Waals surface area (Å²) >= 11 is 0. The van der Waals surface area contributed by atoms with Crippen molar-refractivity contribution in [3.05, 3.63) is 29.8 Å². The number of anilines is 1. The molecule has 0 aliphatic rings. The first-order valence-corrected chi connectivity index (χ1v) is 4.06. The minimum absolute atomic E-state index is 0.0697. The lowest BCUT2D eigenvalue weighted by molar-refractivity contribution is -0.115. The zero-order valence-electron chi connectivity index (χ0n) is 7.58. The second-order valence-corrected chi connectivity index (χ2v) is 2.65. The highest BCUT2D eigenvalue weighted by molar-refractivity contribution is 5.92. The van der Waals surface area contributed by atoms with Crippen LogP contribution in [0.2, 0.25) is 0 Å². The molecule has 68 valence electrons. The molecule has 0 heterocycles. The largest absolute Gasteiger partial charge is 0.325 e. The molecule has 0 aliphatic heterocycles. The van der Waals surface area contributed by atoms with E-state index in [9.17, 15) is 4.79 Å². The third-order valence-electron chi connectivity index (χ3n) is 1.58. The SMILES string of the molecule is C#CCC(=O)Nc1cccc(C#C)c1. The maximum absolute atomic E-state index is 11.1. The predicted molar refractivity (Wildman–Crippen MR) is 56.5 cm³/mol. The maximum Gasteiger partial charge on any atom is 0.236 e. The summed E-state index contributed by atoms with van der Waals surface area (Å²) in [5, 5.41) is 2.64. The fraction of sp³-hybridized carbons (Fsp3) is 0.0833. The van der Waals surface area contributed by atoms with Crippen molar-refractivity contribution in [2.75, 3.05) is 5.32 Å². The zero-order chi connectivity index (χ0) is 10.4. The first kappa shape index (κ1) is 9.89. The third-order valence-corrected chi connectivity index (χ3v) is 1.58. The van der Waals surface area contributed by atoms with Gasteiger partial charge in [0.15, 0.2) is 0 Å². The molecule has 1 amide bonds. The van der Waals surface area contributed by atoms with Gasteiger partial charge in [0.2, 0.25) is 5.91 Å². The first-order chi connectivity index (χ1) is 6.76. The quantitative estimate of drug-likeness (QED) is 0.694. The van der Waals surface area contributed by atoms with Gasteiger partial charge in [0.25, 0.3) is 0 Å². The summed E-state index contributed by atoms with van der Waals surface area (Å²) in [7, 11) is 0. The van der Waals surface area contributed by atoms with Gasteiger partial charge in [-0.25, -0.2) is 0 Å². The van der Waals surface area contributed by atoms with E-state index in [2.05, 4.69) is 17.2 Å². The average Bonchev–Trinajstić information content (AvgIpc) is 2.18. The van der Waals surface area contributed by atoms with Gasteiger partial charge in [0.1, 0.15) is 0 Å². The maximum atomic E-state index is 11.1. The highest BCUT2D eigenvalue weighted by Gasteiger charge is 1.99. The number of carbonyl (C=O) groups is 1. The Bertz CT molecular complexity index is 421. The van der Waals surface area contributed by atoms with Crippen LogP contribution in [0.25, 0.3) is 0 Å². The van der Waals surface area contributed by atoms with Gasteiger partial charge < -0.3 is 5.32 Å². The molecule has 0 fully saturated rings. The minimum atomic E-state index is -0.207. The number of benzene rings is 1. The van der Waals surface area contributed by atoms with E-state index < -0.39 is 0 Å². The molecule has 0 radical (unpaired) electrons. The summed E-state index contributed by atoms with van der Waals surface area (Å²) < 4.78 is 0. The van der Waals surface area contributed by atoms with E-state index in [1.54, 1.807) is 24.3 Å². The Balaban J connectivity index is 2.74. The lowest BCUT2D eigenvalue weighted by atomic mass is 10.2. The lowest BCUT2D eigenvalue weighted by Crippen LogP contribution is -2.09. The van der Waals surface area contributed by atoms with Crippen LogP contribution >= 0.6 is 0 Å². The first-order valence-electron chi connectivity index (χ1n) is 4.06. The van der Waals surface area contributed by atoms with Gasteiger partial charge in [-0.1, -0.05) is 17.9 Å². The number of hydrogen-bond acceptors (Lipinski definition) is 1. The van der Waals surface area contributed by atoms with Gasteiger partial charge in [-0.2, -0.15) is 0 Å². The average molecular weight is 183 g/mol. The fourth-order valence-corrected chi connectivity index (χ4v) is 0.985. The van der Waals surface area contributed by atoms with E-state index in [-0.39, 0.29) is 12.3 Å². The Morgan fingerprint density at radius 1 is 1.43 bits per heavy atom. The Morgan fingerprint density at radius 3 is 2.86 bits per heavy atom. The number of amides is 1. The smallest absolute Gasteiger partial charge is 0.236 e. The van der Waals surface area contributed by atoms with Crippen molar-refractivity contribution in [3.63, 3.8) is 0 Å². The van der Waals surface area contributed by atoms with E-state index in [4.69, 9.17) is 12.8 Å². The summed E-state index contributed by atoms with van der Waals surface area (Å²) in [6.45, 7) is 0. The summed E-state index contributed by atoms with van der Waals surface area (Å²) in [5.74, 6) is 4.54. The van der Waals surface area contributed by atoms with Crippen LogP contribution in [0, 0.1) is 24.7 Å². The molecule has 0 saturated carbocycles. The molecule has 0 unspecified atom stereocenters. The van der Waals surface area contributed by atoms with Crippen LogP contribution in [0.15, 0.2) is 24.3 Å². The molecule has 0 aromatic heterocycles. The van der Waals surface area contributed by atoms with E-state index in [1.807, 2.05) is 0 Å². The molecule has 0 aliphatic carbocycles. The van der Waals surface area contributed by atoms with Crippen LogP contribution in [-0.2, 0) is 4.79 Å². The van der Waals surface area contributed by atoms with Crippen molar-refractivity contribution >= 4 is 11.6 Å². The Hall–Kier alpha value is -2.19. The van der Waals surface area contributed by atoms with Crippen molar-refractivity contribution in [2.45, 2.75) is 6.42 Å². The molecular formula is C12H9NO. The number of carbonyl (C=O) groups excluding carboxylic acids is 1. The van der Waals surface area contributed by atoms with Crippen molar-refractivity contribution < 1.29 is 4.79 Å². The second-order valence-electron chi connectivity index (χ2n) is 2.65. The van der Waals surface area contributed by atoms with Crippen molar-refractivity contribution in [3.8, 4) is 24.7 Å². The van der Waals surface area contributed by atoms with Crippen molar-refractivity contribution in [1.29, 1.82) is 0 Å². The highest BCUT2D eigenvalue weighted by Crippen LogP contribution is 2.09. The molecule has 0 saturated heterocycles. The third kappa shape index (κ3) is 2.69. The Morgan fingerprint density at radius 2 is 2.21 bits per heavy atom. The van der Waals surface area contributed by atoms with E-state index >= 15 is 0 Å². The van der Waals surface area contributed by atoms with Crippen LogP contribution in [0.4, 0.5) is 5.69 Å². The topological polar surface area (TPSA) is 29.1 Å². The van der Waals surface area contributed by atoms with Crippen LogP contribution in [-0.4, -0.2) is 5.91 Å². The molecule has 2 nitrogen and oxygen atoms in total. The number of hydrogen-bond donors (Lipinski definition) is 1. The van der Waals surface area contributed by atoms with Crippen LogP contribution in [0.5, 0.6) is 0 Å². The molecule has 0 atom stereocenters. The van der Waals surface area contributed by atoms with Gasteiger partial charge >= 0.3 is 0 Å². The zero-order valence-corrected chi connectivity index (χ0v) is 7.58. The molecular weight excluding hydrogens is 174 g/mol. The van der Waals surface area contributed by atoms with Crippen molar-refractivity contribution in [2.24, 2.45) is 0 Å². The molecule has 14 heavy (non-hydrogen) atoms. The molecule has 1 aromatic rings. The molecule has 0 bridgehead atoms. The fourth-order valence-electron chi connectivity index (χ4n) is 0.985. The summed E-state index contributed by atoms with van der Waals surface area (Å²) in [6.07, 6.45) is 10.3. The van der Waals surface area contributed by atoms with Crippen molar-refractivity contribution in [1.82, 2.24) is 0 Å². The van der Waals surface area contributed by atoms with Crippen LogP contribution < -0.4 is 5.32 Å². The van der Waals surface area contributed by atoms with E-state index in [0.29, 0.717) is 5.69 Å². The Labute approximate surface area is 83.3 Å². The second kappa shape index (κ2) is 4.74. The highest BCUT2D eigenvalue weighted by atomic mass is 16.1. The number of nitrogens with one attached hydrogen (secondary N) is 1. The minimum Gasteiger partial charge on any atom is -0.325 e. The lowest BCUT2D eigenvalue weighted by Gasteiger charge is -2.02. The predicted octanol–water partition coefficient (Wildman–Crippen LogP) is 1.63. The Kier molecular flexibility index (Phi) is 3.35. The van der Waals surface area contributed by atoms with Gasteiger partial charge in [0.05, 0.1) is 6.42 Å². The van der Waals surface area contributed by atoms with Gasteiger partial charge in [0, 0.05) is 11.3 Å². The summed E-state index contributed by atoms with van der Waals surface area (Å²) in [4.78, 5) is 11.1. The van der Waals surface area contributed by atoms with Gasteiger partial charge in [-0.15, -0.1) is 12.8 Å². The van der Waals surface area contributed by atoms with Crippen LogP contribution in [0.3, 0.4) is 0 Å². The number of rotatable bonds is 2. The molecule has 0 spiro atoms. The normalized spacial score (nSPS) is 8.43. The van der Waals surface area contributed by atoms with Gasteiger partial charge in [-0.05, 0) is 18.2 Å². The summed E-state index contributed by atoms with van der Waals surface area (Å²) in [5.41, 5.74) is 1.39. The van der Waals surface area contributed by atoms with E-state index in [0.717, 1.165) is 5.56 Å². The molecule has 1 N–H and O–H groups in total. The molecule has 1 aromatic carbocycles. The summed E-state index contributed by atoms with van der Waals surface area (Å²) in [6, 6.07) is 7.04.